The van der Waals surface area contributed by atoms with Gasteiger partial charge >= 0.3 is 0 Å². The minimum Gasteiger partial charge on any atom is -0.497 e. The summed E-state index contributed by atoms with van der Waals surface area (Å²) in [7, 11) is 1.67. The second-order valence-corrected chi connectivity index (χ2v) is 5.71. The Morgan fingerprint density at radius 3 is 1.78 bits per heavy atom. The highest BCUT2D eigenvalue weighted by atomic mass is 16.5. The topological polar surface area (TPSA) is 35.5 Å². The van der Waals surface area contributed by atoms with Crippen LogP contribution in [0.1, 0.15) is 76.7 Å². The van der Waals surface area contributed by atoms with E-state index in [9.17, 15) is 4.79 Å². The number of carbonyl (C=O) groups is 1. The molecule has 0 heterocycles. The predicted octanol–water partition coefficient (Wildman–Crippen LogP) is 6.91. The van der Waals surface area contributed by atoms with Crippen LogP contribution in [0, 0.1) is 0 Å². The normalized spacial score (nSPS) is 11.7. The maximum absolute atomic E-state index is 11.3. The van der Waals surface area contributed by atoms with E-state index in [4.69, 9.17) is 9.47 Å². The fourth-order valence-electron chi connectivity index (χ4n) is 2.60. The molecule has 0 radical (unpaired) electrons. The van der Waals surface area contributed by atoms with Crippen LogP contribution in [0.25, 0.3) is 0 Å². The number of ketones is 1. The Morgan fingerprint density at radius 1 is 0.889 bits per heavy atom. The molecule has 0 aliphatic carbocycles. The lowest BCUT2D eigenvalue weighted by molar-refractivity contribution is 0.101. The largest absolute Gasteiger partial charge is 0.497 e. The second-order valence-electron chi connectivity index (χ2n) is 5.71. The molecule has 0 saturated heterocycles. The highest BCUT2D eigenvalue weighted by molar-refractivity contribution is 5.94. The summed E-state index contributed by atoms with van der Waals surface area (Å²) in [5.74, 6) is 1.98. The van der Waals surface area contributed by atoms with Crippen molar-refractivity contribution < 1.29 is 14.3 Å². The second kappa shape index (κ2) is 13.9. The summed E-state index contributed by atoms with van der Waals surface area (Å²) >= 11 is 0. The van der Waals surface area contributed by atoms with Crippen molar-refractivity contribution in [1.29, 1.82) is 0 Å². The molecule has 0 saturated carbocycles. The third-order valence-electron chi connectivity index (χ3n) is 4.15. The summed E-state index contributed by atoms with van der Waals surface area (Å²) in [6, 6.07) is 15.4. The Kier molecular flexibility index (Phi) is 12.7. The SMILES string of the molecule is CC.CC.CCC(Oc1ccc(C(C)=O)cc1)C(C)c1ccc(OC)cc1. The van der Waals surface area contributed by atoms with E-state index in [0.29, 0.717) is 5.56 Å². The number of methoxy groups -OCH3 is 1. The zero-order valence-corrected chi connectivity index (χ0v) is 18.2. The van der Waals surface area contributed by atoms with E-state index >= 15 is 0 Å². The van der Waals surface area contributed by atoms with Crippen LogP contribution in [0.2, 0.25) is 0 Å². The van der Waals surface area contributed by atoms with Gasteiger partial charge in [0.25, 0.3) is 0 Å². The molecule has 150 valence electrons. The van der Waals surface area contributed by atoms with Crippen LogP contribution in [-0.2, 0) is 0 Å². The Hall–Kier alpha value is -2.29. The first-order valence-corrected chi connectivity index (χ1v) is 9.96. The zero-order chi connectivity index (χ0) is 20.8. The average Bonchev–Trinajstić information content (AvgIpc) is 2.74. The first kappa shape index (κ1) is 24.7. The van der Waals surface area contributed by atoms with Gasteiger partial charge in [-0.1, -0.05) is 53.7 Å². The standard InChI is InChI=1S/C20H24O3.2C2H6/c1-5-20(14(2)16-6-10-18(22-4)11-7-16)23-19-12-8-17(9-13-19)15(3)21;2*1-2/h6-14,20H,5H2,1-4H3;2*1-2H3. The van der Waals surface area contributed by atoms with Gasteiger partial charge in [-0.2, -0.15) is 0 Å². The molecule has 2 atom stereocenters. The smallest absolute Gasteiger partial charge is 0.159 e. The summed E-state index contributed by atoms with van der Waals surface area (Å²) in [4.78, 5) is 11.3. The van der Waals surface area contributed by atoms with Gasteiger partial charge < -0.3 is 9.47 Å². The van der Waals surface area contributed by atoms with Crippen LogP contribution in [0.5, 0.6) is 11.5 Å². The monoisotopic (exact) mass is 372 g/mol. The predicted molar refractivity (Wildman–Crippen MR) is 115 cm³/mol. The van der Waals surface area contributed by atoms with Gasteiger partial charge in [-0.25, -0.2) is 0 Å². The third kappa shape index (κ3) is 7.86. The van der Waals surface area contributed by atoms with Crippen LogP contribution in [0.4, 0.5) is 0 Å². The van der Waals surface area contributed by atoms with Crippen molar-refractivity contribution in [3.63, 3.8) is 0 Å². The first-order chi connectivity index (χ1) is 13.0. The summed E-state index contributed by atoms with van der Waals surface area (Å²) < 4.78 is 11.3. The Labute approximate surface area is 165 Å². The summed E-state index contributed by atoms with van der Waals surface area (Å²) in [6.45, 7) is 13.9. The highest BCUT2D eigenvalue weighted by Gasteiger charge is 2.19. The first-order valence-electron chi connectivity index (χ1n) is 9.96. The molecule has 3 heteroatoms. The average molecular weight is 373 g/mol. The number of rotatable bonds is 7. The fourth-order valence-corrected chi connectivity index (χ4v) is 2.60. The van der Waals surface area contributed by atoms with Crippen molar-refractivity contribution in [1.82, 2.24) is 0 Å². The van der Waals surface area contributed by atoms with Gasteiger partial charge in [0, 0.05) is 11.5 Å². The molecule has 2 aromatic carbocycles. The van der Waals surface area contributed by atoms with E-state index in [1.54, 1.807) is 14.0 Å². The Bertz CT molecular complexity index is 630. The van der Waals surface area contributed by atoms with Crippen molar-refractivity contribution in [2.75, 3.05) is 7.11 Å². The summed E-state index contributed by atoms with van der Waals surface area (Å²) in [5.41, 5.74) is 1.92. The van der Waals surface area contributed by atoms with Gasteiger partial charge in [0.2, 0.25) is 0 Å². The van der Waals surface area contributed by atoms with E-state index in [0.717, 1.165) is 17.9 Å². The van der Waals surface area contributed by atoms with Crippen LogP contribution < -0.4 is 9.47 Å². The van der Waals surface area contributed by atoms with E-state index in [1.807, 2.05) is 64.1 Å². The van der Waals surface area contributed by atoms with Crippen molar-refractivity contribution in [3.8, 4) is 11.5 Å². The minimum atomic E-state index is 0.0650. The number of carbonyl (C=O) groups excluding carboxylic acids is 1. The minimum absolute atomic E-state index is 0.0650. The lowest BCUT2D eigenvalue weighted by Gasteiger charge is -2.24. The molecule has 2 rings (SSSR count). The number of hydrogen-bond acceptors (Lipinski definition) is 3. The molecular weight excluding hydrogens is 336 g/mol. The van der Waals surface area contributed by atoms with Crippen molar-refractivity contribution in [3.05, 3.63) is 59.7 Å². The maximum Gasteiger partial charge on any atom is 0.159 e. The van der Waals surface area contributed by atoms with Crippen LogP contribution in [-0.4, -0.2) is 19.0 Å². The van der Waals surface area contributed by atoms with Gasteiger partial charge in [0.1, 0.15) is 17.6 Å². The number of Topliss-reactive ketones (excluding diaryl/α,β-unsaturated/α-hetero) is 1. The molecule has 0 aromatic heterocycles. The lowest BCUT2D eigenvalue weighted by Crippen LogP contribution is -2.22. The molecular formula is C24H36O3. The van der Waals surface area contributed by atoms with E-state index in [-0.39, 0.29) is 17.8 Å². The van der Waals surface area contributed by atoms with Gasteiger partial charge in [-0.05, 0) is 55.3 Å². The van der Waals surface area contributed by atoms with Crippen molar-refractivity contribution in [2.45, 2.75) is 66.9 Å². The van der Waals surface area contributed by atoms with Gasteiger partial charge in [0.15, 0.2) is 5.78 Å². The zero-order valence-electron chi connectivity index (χ0n) is 18.2. The van der Waals surface area contributed by atoms with Crippen LogP contribution >= 0.6 is 0 Å². The molecule has 0 N–H and O–H groups in total. The molecule has 0 aliphatic heterocycles. The van der Waals surface area contributed by atoms with Gasteiger partial charge in [-0.3, -0.25) is 4.79 Å². The molecule has 0 fully saturated rings. The summed E-state index contributed by atoms with van der Waals surface area (Å²) in [5, 5.41) is 0. The number of benzene rings is 2. The highest BCUT2D eigenvalue weighted by Crippen LogP contribution is 2.27. The number of ether oxygens (including phenoxy) is 2. The lowest BCUT2D eigenvalue weighted by atomic mass is 9.93. The fraction of sp³-hybridized carbons (Fsp3) is 0.458. The molecule has 3 nitrogen and oxygen atoms in total. The number of hydrogen-bond donors (Lipinski definition) is 0. The van der Waals surface area contributed by atoms with Crippen LogP contribution in [0.3, 0.4) is 0 Å². The van der Waals surface area contributed by atoms with Crippen molar-refractivity contribution >= 4 is 5.78 Å². The van der Waals surface area contributed by atoms with Gasteiger partial charge in [-0.15, -0.1) is 0 Å². The third-order valence-corrected chi connectivity index (χ3v) is 4.15. The molecule has 0 bridgehead atoms. The quantitative estimate of drug-likeness (QED) is 0.495. The van der Waals surface area contributed by atoms with E-state index in [2.05, 4.69) is 26.0 Å². The molecule has 2 unspecified atom stereocenters. The van der Waals surface area contributed by atoms with E-state index < -0.39 is 0 Å². The molecule has 0 spiro atoms. The molecule has 2 aromatic rings. The van der Waals surface area contributed by atoms with E-state index in [1.165, 1.54) is 5.56 Å². The Balaban J connectivity index is 0.00000158. The summed E-state index contributed by atoms with van der Waals surface area (Å²) in [6.07, 6.45) is 0.980. The van der Waals surface area contributed by atoms with Crippen LogP contribution in [0.15, 0.2) is 48.5 Å². The van der Waals surface area contributed by atoms with Crippen molar-refractivity contribution in [2.24, 2.45) is 0 Å². The molecule has 0 aliphatic rings. The molecule has 27 heavy (non-hydrogen) atoms. The van der Waals surface area contributed by atoms with Gasteiger partial charge in [0.05, 0.1) is 7.11 Å². The molecule has 0 amide bonds. The maximum atomic E-state index is 11.3. The Morgan fingerprint density at radius 2 is 1.37 bits per heavy atom.